The van der Waals surface area contributed by atoms with E-state index in [4.69, 9.17) is 16.3 Å². The summed E-state index contributed by atoms with van der Waals surface area (Å²) in [4.78, 5) is 29.9. The SMILES string of the molecule is CC(C)CNC(=O)COC(=O)c1cc(-c2ccc(Cl)s2)nc2ccccc12. The zero-order valence-electron chi connectivity index (χ0n) is 15.0. The number of benzene rings is 1. The molecule has 0 spiro atoms. The van der Waals surface area contributed by atoms with Crippen molar-refractivity contribution in [3.05, 3.63) is 52.4 Å². The summed E-state index contributed by atoms with van der Waals surface area (Å²) in [6, 6.07) is 12.7. The maximum Gasteiger partial charge on any atom is 0.339 e. The van der Waals surface area contributed by atoms with Gasteiger partial charge in [0, 0.05) is 11.9 Å². The molecule has 140 valence electrons. The average Bonchev–Trinajstić information content (AvgIpc) is 3.09. The largest absolute Gasteiger partial charge is 0.452 e. The monoisotopic (exact) mass is 402 g/mol. The van der Waals surface area contributed by atoms with Crippen LogP contribution in [0.3, 0.4) is 0 Å². The molecule has 0 atom stereocenters. The summed E-state index contributed by atoms with van der Waals surface area (Å²) < 4.78 is 5.87. The van der Waals surface area contributed by atoms with Crippen LogP contribution in [-0.4, -0.2) is 30.0 Å². The Morgan fingerprint density at radius 2 is 2.00 bits per heavy atom. The lowest BCUT2D eigenvalue weighted by Gasteiger charge is -2.10. The number of ether oxygens (including phenoxy) is 1. The van der Waals surface area contributed by atoms with E-state index in [-0.39, 0.29) is 12.5 Å². The number of carbonyl (C=O) groups is 2. The number of pyridine rings is 1. The van der Waals surface area contributed by atoms with E-state index in [1.165, 1.54) is 11.3 Å². The lowest BCUT2D eigenvalue weighted by atomic mass is 10.1. The molecule has 0 saturated heterocycles. The van der Waals surface area contributed by atoms with Gasteiger partial charge in [-0.05, 0) is 30.2 Å². The first-order valence-electron chi connectivity index (χ1n) is 8.53. The Bertz CT molecular complexity index is 984. The summed E-state index contributed by atoms with van der Waals surface area (Å²) in [6.07, 6.45) is 0. The predicted octanol–water partition coefficient (Wildman–Crippen LogP) is 4.55. The minimum atomic E-state index is -0.558. The highest BCUT2D eigenvalue weighted by molar-refractivity contribution is 7.19. The molecular formula is C20H19ClN2O3S. The van der Waals surface area contributed by atoms with Gasteiger partial charge in [-0.3, -0.25) is 4.79 Å². The fourth-order valence-corrected chi connectivity index (χ4v) is 3.50. The van der Waals surface area contributed by atoms with Gasteiger partial charge >= 0.3 is 5.97 Å². The number of esters is 1. The topological polar surface area (TPSA) is 68.3 Å². The summed E-state index contributed by atoms with van der Waals surface area (Å²) in [5.74, 6) is -0.549. The van der Waals surface area contributed by atoms with Gasteiger partial charge in [0.2, 0.25) is 0 Å². The number of hydrogen-bond donors (Lipinski definition) is 1. The van der Waals surface area contributed by atoms with Gasteiger partial charge in [-0.25, -0.2) is 9.78 Å². The smallest absolute Gasteiger partial charge is 0.339 e. The van der Waals surface area contributed by atoms with Crippen LogP contribution in [0.5, 0.6) is 0 Å². The molecule has 3 aromatic rings. The van der Waals surface area contributed by atoms with E-state index in [2.05, 4.69) is 10.3 Å². The highest BCUT2D eigenvalue weighted by Gasteiger charge is 2.17. The van der Waals surface area contributed by atoms with E-state index < -0.39 is 5.97 Å². The van der Waals surface area contributed by atoms with Crippen molar-refractivity contribution in [2.24, 2.45) is 5.92 Å². The van der Waals surface area contributed by atoms with Gasteiger partial charge in [0.25, 0.3) is 5.91 Å². The summed E-state index contributed by atoms with van der Waals surface area (Å²) in [5.41, 5.74) is 1.69. The minimum absolute atomic E-state index is 0.317. The van der Waals surface area contributed by atoms with Gasteiger partial charge in [0.1, 0.15) is 0 Å². The van der Waals surface area contributed by atoms with Crippen LogP contribution in [-0.2, 0) is 9.53 Å². The van der Waals surface area contributed by atoms with Crippen molar-refractivity contribution in [3.63, 3.8) is 0 Å². The number of halogens is 1. The van der Waals surface area contributed by atoms with Crippen LogP contribution in [0.1, 0.15) is 24.2 Å². The van der Waals surface area contributed by atoms with E-state index in [1.807, 2.05) is 44.2 Å². The van der Waals surface area contributed by atoms with Gasteiger partial charge in [-0.1, -0.05) is 43.6 Å². The molecule has 1 aromatic carbocycles. The van der Waals surface area contributed by atoms with Crippen molar-refractivity contribution in [1.82, 2.24) is 10.3 Å². The number of carbonyl (C=O) groups excluding carboxylic acids is 2. The summed E-state index contributed by atoms with van der Waals surface area (Å²) in [6.45, 7) is 4.21. The number of fused-ring (bicyclic) bond motifs is 1. The summed E-state index contributed by atoms with van der Waals surface area (Å²) in [5, 5.41) is 3.40. The van der Waals surface area contributed by atoms with E-state index >= 15 is 0 Å². The Balaban J connectivity index is 1.86. The Morgan fingerprint density at radius 1 is 1.22 bits per heavy atom. The van der Waals surface area contributed by atoms with Crippen molar-refractivity contribution >= 4 is 45.7 Å². The highest BCUT2D eigenvalue weighted by atomic mass is 35.5. The molecule has 0 bridgehead atoms. The Morgan fingerprint density at radius 3 is 2.70 bits per heavy atom. The molecule has 1 N–H and O–H groups in total. The average molecular weight is 403 g/mol. The molecule has 27 heavy (non-hydrogen) atoms. The van der Waals surface area contributed by atoms with E-state index in [9.17, 15) is 9.59 Å². The van der Waals surface area contributed by atoms with Crippen molar-refractivity contribution in [1.29, 1.82) is 0 Å². The van der Waals surface area contributed by atoms with E-state index in [0.717, 1.165) is 4.88 Å². The van der Waals surface area contributed by atoms with Gasteiger partial charge in [-0.15, -0.1) is 11.3 Å². The standard InChI is InChI=1S/C20H19ClN2O3S/c1-12(2)10-22-19(24)11-26-20(25)14-9-16(17-7-8-18(21)27-17)23-15-6-4-3-5-13(14)15/h3-9,12H,10-11H2,1-2H3,(H,22,24). The number of thiophene rings is 1. The fourth-order valence-electron chi connectivity index (χ4n) is 2.50. The Labute approximate surface area is 166 Å². The lowest BCUT2D eigenvalue weighted by molar-refractivity contribution is -0.124. The van der Waals surface area contributed by atoms with Crippen molar-refractivity contribution < 1.29 is 14.3 Å². The zero-order chi connectivity index (χ0) is 19.4. The molecule has 1 amide bonds. The molecule has 0 fully saturated rings. The summed E-state index contributed by atoms with van der Waals surface area (Å²) in [7, 11) is 0. The van der Waals surface area contributed by atoms with Crippen LogP contribution >= 0.6 is 22.9 Å². The maximum absolute atomic E-state index is 12.6. The first kappa shape index (κ1) is 19.3. The number of para-hydroxylation sites is 1. The molecule has 0 aliphatic heterocycles. The van der Waals surface area contributed by atoms with Crippen LogP contribution in [0.25, 0.3) is 21.5 Å². The Hall–Kier alpha value is -2.44. The second-order valence-electron chi connectivity index (χ2n) is 6.45. The minimum Gasteiger partial charge on any atom is -0.452 e. The molecular weight excluding hydrogens is 384 g/mol. The Kier molecular flexibility index (Phi) is 6.08. The number of amides is 1. The first-order valence-corrected chi connectivity index (χ1v) is 9.73. The summed E-state index contributed by atoms with van der Waals surface area (Å²) >= 11 is 7.41. The van der Waals surface area contributed by atoms with Crippen LogP contribution in [0, 0.1) is 5.92 Å². The van der Waals surface area contributed by atoms with Crippen LogP contribution in [0.15, 0.2) is 42.5 Å². The number of nitrogens with one attached hydrogen (secondary N) is 1. The van der Waals surface area contributed by atoms with Crippen molar-refractivity contribution in [2.75, 3.05) is 13.2 Å². The number of hydrogen-bond acceptors (Lipinski definition) is 5. The normalized spacial score (nSPS) is 11.0. The molecule has 2 heterocycles. The van der Waals surface area contributed by atoms with Crippen molar-refractivity contribution in [3.8, 4) is 10.6 Å². The second-order valence-corrected chi connectivity index (χ2v) is 8.17. The van der Waals surface area contributed by atoms with Crippen molar-refractivity contribution in [2.45, 2.75) is 13.8 Å². The number of aromatic nitrogens is 1. The fraction of sp³-hybridized carbons (Fsp3) is 0.250. The van der Waals surface area contributed by atoms with Gasteiger partial charge < -0.3 is 10.1 Å². The molecule has 5 nitrogen and oxygen atoms in total. The number of rotatable bonds is 6. The van der Waals surface area contributed by atoms with Crippen LogP contribution in [0.2, 0.25) is 4.34 Å². The molecule has 0 aliphatic rings. The quantitative estimate of drug-likeness (QED) is 0.614. The lowest BCUT2D eigenvalue weighted by Crippen LogP contribution is -2.31. The zero-order valence-corrected chi connectivity index (χ0v) is 16.6. The molecule has 2 aromatic heterocycles. The number of nitrogens with zero attached hydrogens (tertiary/aromatic N) is 1. The second kappa shape index (κ2) is 8.50. The molecule has 3 rings (SSSR count). The first-order chi connectivity index (χ1) is 12.9. The molecule has 0 radical (unpaired) electrons. The van der Waals surface area contributed by atoms with Crippen LogP contribution < -0.4 is 5.32 Å². The third-order valence-electron chi connectivity index (χ3n) is 3.80. The molecule has 0 saturated carbocycles. The third-order valence-corrected chi connectivity index (χ3v) is 5.06. The predicted molar refractivity (Wildman–Crippen MR) is 108 cm³/mol. The van der Waals surface area contributed by atoms with Gasteiger partial charge in [-0.2, -0.15) is 0 Å². The van der Waals surface area contributed by atoms with Crippen LogP contribution in [0.4, 0.5) is 0 Å². The van der Waals surface area contributed by atoms with Gasteiger partial charge in [0.15, 0.2) is 6.61 Å². The molecule has 0 aliphatic carbocycles. The van der Waals surface area contributed by atoms with E-state index in [0.29, 0.717) is 39.0 Å². The highest BCUT2D eigenvalue weighted by Crippen LogP contribution is 2.32. The van der Waals surface area contributed by atoms with E-state index in [1.54, 1.807) is 12.1 Å². The third kappa shape index (κ3) is 4.84. The van der Waals surface area contributed by atoms with Gasteiger partial charge in [0.05, 0.1) is 26.0 Å². The molecule has 0 unspecified atom stereocenters. The maximum atomic E-state index is 12.6. The molecule has 7 heteroatoms.